The van der Waals surface area contributed by atoms with Gasteiger partial charge < -0.3 is 5.32 Å². The van der Waals surface area contributed by atoms with E-state index in [4.69, 9.17) is 4.98 Å². The lowest BCUT2D eigenvalue weighted by molar-refractivity contribution is 0.966. The largest absolute Gasteiger partial charge is 0.323 e. The first-order valence-electron chi connectivity index (χ1n) is 10.1. The summed E-state index contributed by atoms with van der Waals surface area (Å²) in [5, 5.41) is 19.4. The standard InChI is InChI=1S/C23H20N6O/c30-23-18-8-5-13(10-20(18)27-29-23)9-16-11-15-3-1-2-4-17(15)22(24-16)25-21-12-19(26-28-21)14-6-7-14/h1-5,8,10-12,14H,6-7,9H2,(H2,27,29,30)(H2,24,25,26,28). The minimum Gasteiger partial charge on any atom is -0.323 e. The first-order valence-corrected chi connectivity index (χ1v) is 10.1. The van der Waals surface area contributed by atoms with Crippen LogP contribution in [0, 0.1) is 0 Å². The molecule has 1 aliphatic carbocycles. The van der Waals surface area contributed by atoms with Crippen LogP contribution in [0.3, 0.4) is 0 Å². The Morgan fingerprint density at radius 3 is 2.80 bits per heavy atom. The van der Waals surface area contributed by atoms with Crippen LogP contribution in [-0.4, -0.2) is 25.4 Å². The van der Waals surface area contributed by atoms with Crippen LogP contribution < -0.4 is 10.9 Å². The number of nitrogens with one attached hydrogen (secondary N) is 4. The van der Waals surface area contributed by atoms with Gasteiger partial charge in [0.05, 0.1) is 10.9 Å². The molecule has 5 aromatic rings. The van der Waals surface area contributed by atoms with E-state index in [1.54, 1.807) is 0 Å². The molecule has 0 atom stereocenters. The van der Waals surface area contributed by atoms with Crippen LogP contribution in [-0.2, 0) is 6.42 Å². The van der Waals surface area contributed by atoms with Crippen molar-refractivity contribution in [3.8, 4) is 0 Å². The lowest BCUT2D eigenvalue weighted by Gasteiger charge is -2.10. The number of rotatable bonds is 5. The number of anilines is 2. The van der Waals surface area contributed by atoms with Crippen LogP contribution in [0.25, 0.3) is 21.7 Å². The van der Waals surface area contributed by atoms with Gasteiger partial charge in [-0.1, -0.05) is 30.3 Å². The van der Waals surface area contributed by atoms with E-state index in [0.717, 1.165) is 39.2 Å². The topological polar surface area (TPSA) is 102 Å². The number of aromatic nitrogens is 5. The SMILES string of the molecule is O=c1[nH][nH]c2cc(Cc3cc4ccccc4c(Nc4cc(C5CC5)[nH]n4)n3)ccc12. The molecule has 0 aliphatic heterocycles. The van der Waals surface area contributed by atoms with Gasteiger partial charge in [0.2, 0.25) is 0 Å². The van der Waals surface area contributed by atoms with E-state index in [-0.39, 0.29) is 5.56 Å². The van der Waals surface area contributed by atoms with Crippen LogP contribution >= 0.6 is 0 Å². The maximum Gasteiger partial charge on any atom is 0.271 e. The summed E-state index contributed by atoms with van der Waals surface area (Å²) >= 11 is 0. The number of benzene rings is 2. The molecule has 0 bridgehead atoms. The molecular weight excluding hydrogens is 376 g/mol. The third-order valence-corrected chi connectivity index (χ3v) is 5.68. The smallest absolute Gasteiger partial charge is 0.271 e. The predicted octanol–water partition coefficient (Wildman–Crippen LogP) is 4.34. The molecule has 1 aliphatic rings. The molecule has 7 heteroatoms. The van der Waals surface area contributed by atoms with Crippen molar-refractivity contribution in [3.63, 3.8) is 0 Å². The van der Waals surface area contributed by atoms with Crippen LogP contribution in [0.1, 0.15) is 35.7 Å². The number of hydrogen-bond acceptors (Lipinski definition) is 4. The Labute approximate surface area is 171 Å². The van der Waals surface area contributed by atoms with E-state index in [9.17, 15) is 4.79 Å². The zero-order valence-electron chi connectivity index (χ0n) is 16.2. The molecule has 4 N–H and O–H groups in total. The Hall–Kier alpha value is -3.87. The van der Waals surface area contributed by atoms with Gasteiger partial charge in [-0.25, -0.2) is 4.98 Å². The molecule has 0 spiro atoms. The molecule has 3 heterocycles. The molecule has 30 heavy (non-hydrogen) atoms. The van der Waals surface area contributed by atoms with Gasteiger partial charge in [0.15, 0.2) is 5.82 Å². The summed E-state index contributed by atoms with van der Waals surface area (Å²) in [5.74, 6) is 2.21. The van der Waals surface area contributed by atoms with E-state index < -0.39 is 0 Å². The van der Waals surface area contributed by atoms with Crippen LogP contribution in [0.2, 0.25) is 0 Å². The molecule has 1 saturated carbocycles. The fraction of sp³-hybridized carbons (Fsp3) is 0.174. The van der Waals surface area contributed by atoms with Crippen molar-refractivity contribution in [2.45, 2.75) is 25.2 Å². The number of H-pyrrole nitrogens is 3. The maximum atomic E-state index is 11.7. The van der Waals surface area contributed by atoms with Gasteiger partial charge in [-0.3, -0.25) is 20.1 Å². The Kier molecular flexibility index (Phi) is 3.74. The van der Waals surface area contributed by atoms with Gasteiger partial charge in [0, 0.05) is 35.2 Å². The lowest BCUT2D eigenvalue weighted by Crippen LogP contribution is -2.00. The third-order valence-electron chi connectivity index (χ3n) is 5.68. The monoisotopic (exact) mass is 396 g/mol. The first-order chi connectivity index (χ1) is 14.7. The van der Waals surface area contributed by atoms with Crippen molar-refractivity contribution in [1.82, 2.24) is 25.4 Å². The molecule has 0 saturated heterocycles. The third kappa shape index (κ3) is 3.04. The summed E-state index contributed by atoms with van der Waals surface area (Å²) in [6, 6.07) is 18.2. The van der Waals surface area contributed by atoms with E-state index in [2.05, 4.69) is 50.0 Å². The zero-order chi connectivity index (χ0) is 20.1. The number of nitrogens with zero attached hydrogens (tertiary/aromatic N) is 2. The molecule has 0 unspecified atom stereocenters. The molecular formula is C23H20N6O. The molecule has 7 nitrogen and oxygen atoms in total. The highest BCUT2D eigenvalue weighted by atomic mass is 16.1. The number of fused-ring (bicyclic) bond motifs is 2. The highest BCUT2D eigenvalue weighted by molar-refractivity contribution is 5.93. The van der Waals surface area contributed by atoms with Gasteiger partial charge in [-0.15, -0.1) is 0 Å². The highest BCUT2D eigenvalue weighted by Crippen LogP contribution is 2.39. The Bertz CT molecular complexity index is 1440. The Balaban J connectivity index is 1.37. The van der Waals surface area contributed by atoms with Crippen LogP contribution in [0.5, 0.6) is 0 Å². The molecule has 0 radical (unpaired) electrons. The molecule has 1 fully saturated rings. The second-order valence-corrected chi connectivity index (χ2v) is 7.93. The summed E-state index contributed by atoms with van der Waals surface area (Å²) in [6.45, 7) is 0. The molecule has 148 valence electrons. The van der Waals surface area contributed by atoms with Gasteiger partial charge >= 0.3 is 0 Å². The molecule has 6 rings (SSSR count). The summed E-state index contributed by atoms with van der Waals surface area (Å²) in [4.78, 5) is 16.6. The predicted molar refractivity (Wildman–Crippen MR) is 117 cm³/mol. The second-order valence-electron chi connectivity index (χ2n) is 7.93. The van der Waals surface area contributed by atoms with Gasteiger partial charge in [-0.2, -0.15) is 5.10 Å². The van der Waals surface area contributed by atoms with Crippen LogP contribution in [0.15, 0.2) is 59.4 Å². The quantitative estimate of drug-likeness (QED) is 0.355. The van der Waals surface area contributed by atoms with Gasteiger partial charge in [-0.05, 0) is 42.0 Å². The van der Waals surface area contributed by atoms with Crippen molar-refractivity contribution in [2.75, 3.05) is 5.32 Å². The lowest BCUT2D eigenvalue weighted by atomic mass is 10.0. The second kappa shape index (κ2) is 6.59. The van der Waals surface area contributed by atoms with Gasteiger partial charge in [0.25, 0.3) is 5.56 Å². The summed E-state index contributed by atoms with van der Waals surface area (Å²) in [7, 11) is 0. The van der Waals surface area contributed by atoms with E-state index in [1.165, 1.54) is 18.5 Å². The Morgan fingerprint density at radius 2 is 1.90 bits per heavy atom. The molecule has 3 aromatic heterocycles. The van der Waals surface area contributed by atoms with Crippen molar-refractivity contribution in [1.29, 1.82) is 0 Å². The van der Waals surface area contributed by atoms with E-state index in [1.807, 2.05) is 30.3 Å². The first kappa shape index (κ1) is 17.0. The van der Waals surface area contributed by atoms with E-state index in [0.29, 0.717) is 17.7 Å². The average molecular weight is 396 g/mol. The number of pyridine rings is 1. The zero-order valence-corrected chi connectivity index (χ0v) is 16.2. The summed E-state index contributed by atoms with van der Waals surface area (Å²) in [6.07, 6.45) is 3.13. The van der Waals surface area contributed by atoms with Crippen LogP contribution in [0.4, 0.5) is 11.6 Å². The summed E-state index contributed by atoms with van der Waals surface area (Å²) in [5.41, 5.74) is 3.93. The fourth-order valence-corrected chi connectivity index (χ4v) is 3.97. The van der Waals surface area contributed by atoms with Gasteiger partial charge in [0.1, 0.15) is 5.82 Å². The minimum atomic E-state index is -0.101. The number of aromatic amines is 3. The normalized spacial score (nSPS) is 13.9. The molecule has 0 amide bonds. The summed E-state index contributed by atoms with van der Waals surface area (Å²) < 4.78 is 0. The van der Waals surface area contributed by atoms with Crippen molar-refractivity contribution >= 4 is 33.3 Å². The minimum absolute atomic E-state index is 0.101. The average Bonchev–Trinajstić information content (AvgIpc) is 3.40. The Morgan fingerprint density at radius 1 is 1.00 bits per heavy atom. The van der Waals surface area contributed by atoms with Crippen molar-refractivity contribution < 1.29 is 0 Å². The van der Waals surface area contributed by atoms with E-state index >= 15 is 0 Å². The highest BCUT2D eigenvalue weighted by Gasteiger charge is 2.25. The molecule has 2 aromatic carbocycles. The van der Waals surface area contributed by atoms with Crippen molar-refractivity contribution in [2.24, 2.45) is 0 Å². The number of hydrogen-bond donors (Lipinski definition) is 4. The fourth-order valence-electron chi connectivity index (χ4n) is 3.97. The maximum absolute atomic E-state index is 11.7. The van der Waals surface area contributed by atoms with Crippen molar-refractivity contribution in [3.05, 3.63) is 81.9 Å².